The average Bonchev–Trinajstić information content (AvgIpc) is 2.77. The van der Waals surface area contributed by atoms with E-state index in [2.05, 4.69) is 15.5 Å². The van der Waals surface area contributed by atoms with Gasteiger partial charge in [0.25, 0.3) is 5.91 Å². The van der Waals surface area contributed by atoms with Gasteiger partial charge in [0.05, 0.1) is 18.2 Å². The van der Waals surface area contributed by atoms with Crippen LogP contribution in [0.2, 0.25) is 0 Å². The molecule has 1 heterocycles. The van der Waals surface area contributed by atoms with Gasteiger partial charge in [0.15, 0.2) is 5.69 Å². The van der Waals surface area contributed by atoms with Crippen molar-refractivity contribution in [3.05, 3.63) is 23.9 Å². The molecule has 0 spiro atoms. The standard InChI is InChI=1S/C13H18N4O2/c1-8(2)19-6-5-15-13(18)12-10-7-9(14)3-4-11(10)16-17-12/h3-4,7-8H,5-6,14H2,1-2H3,(H,15,18)(H,16,17). The molecule has 1 aromatic carbocycles. The third-order valence-electron chi connectivity index (χ3n) is 2.64. The summed E-state index contributed by atoms with van der Waals surface area (Å²) in [5, 5.41) is 10.3. The van der Waals surface area contributed by atoms with Crippen molar-refractivity contribution in [2.75, 3.05) is 18.9 Å². The van der Waals surface area contributed by atoms with Gasteiger partial charge in [0.1, 0.15) is 0 Å². The summed E-state index contributed by atoms with van der Waals surface area (Å²) in [4.78, 5) is 12.0. The number of anilines is 1. The molecule has 0 atom stereocenters. The maximum absolute atomic E-state index is 12.0. The van der Waals surface area contributed by atoms with Gasteiger partial charge in [-0.15, -0.1) is 0 Å². The number of nitrogens with two attached hydrogens (primary N) is 1. The minimum atomic E-state index is -0.232. The molecule has 0 radical (unpaired) electrons. The van der Waals surface area contributed by atoms with E-state index in [-0.39, 0.29) is 12.0 Å². The molecular formula is C13H18N4O2. The van der Waals surface area contributed by atoms with E-state index in [0.29, 0.717) is 24.5 Å². The van der Waals surface area contributed by atoms with Crippen molar-refractivity contribution < 1.29 is 9.53 Å². The molecule has 4 N–H and O–H groups in total. The highest BCUT2D eigenvalue weighted by Gasteiger charge is 2.13. The second-order valence-electron chi connectivity index (χ2n) is 4.55. The predicted octanol–water partition coefficient (Wildman–Crippen LogP) is 1.30. The van der Waals surface area contributed by atoms with Crippen LogP contribution in [-0.2, 0) is 4.74 Å². The van der Waals surface area contributed by atoms with Crippen molar-refractivity contribution in [3.8, 4) is 0 Å². The van der Waals surface area contributed by atoms with Gasteiger partial charge in [-0.25, -0.2) is 0 Å². The molecule has 0 aliphatic carbocycles. The van der Waals surface area contributed by atoms with Gasteiger partial charge in [-0.2, -0.15) is 5.10 Å². The number of ether oxygens (including phenoxy) is 1. The van der Waals surface area contributed by atoms with Crippen molar-refractivity contribution in [1.29, 1.82) is 0 Å². The van der Waals surface area contributed by atoms with Crippen LogP contribution < -0.4 is 11.1 Å². The zero-order valence-electron chi connectivity index (χ0n) is 11.1. The Morgan fingerprint density at radius 1 is 1.53 bits per heavy atom. The lowest BCUT2D eigenvalue weighted by Gasteiger charge is -2.07. The SMILES string of the molecule is CC(C)OCCNC(=O)c1n[nH]c2ccc(N)cc12. The van der Waals surface area contributed by atoms with Gasteiger partial charge in [-0.05, 0) is 32.0 Å². The molecule has 0 saturated heterocycles. The van der Waals surface area contributed by atoms with Crippen molar-refractivity contribution in [3.63, 3.8) is 0 Å². The van der Waals surface area contributed by atoms with Crippen molar-refractivity contribution >= 4 is 22.5 Å². The highest BCUT2D eigenvalue weighted by Crippen LogP contribution is 2.18. The van der Waals surface area contributed by atoms with Crippen molar-refractivity contribution in [2.45, 2.75) is 20.0 Å². The van der Waals surface area contributed by atoms with Gasteiger partial charge in [0, 0.05) is 17.6 Å². The maximum atomic E-state index is 12.0. The summed E-state index contributed by atoms with van der Waals surface area (Å²) in [7, 11) is 0. The lowest BCUT2D eigenvalue weighted by Crippen LogP contribution is -2.28. The monoisotopic (exact) mass is 262 g/mol. The maximum Gasteiger partial charge on any atom is 0.272 e. The third kappa shape index (κ3) is 3.23. The summed E-state index contributed by atoms with van der Waals surface area (Å²) >= 11 is 0. The second-order valence-corrected chi connectivity index (χ2v) is 4.55. The Morgan fingerprint density at radius 2 is 2.32 bits per heavy atom. The van der Waals surface area contributed by atoms with E-state index in [9.17, 15) is 4.79 Å². The van der Waals surface area contributed by atoms with E-state index in [4.69, 9.17) is 10.5 Å². The van der Waals surface area contributed by atoms with E-state index in [1.807, 2.05) is 13.8 Å². The number of amides is 1. The topological polar surface area (TPSA) is 93.0 Å². The fraction of sp³-hybridized carbons (Fsp3) is 0.385. The summed E-state index contributed by atoms with van der Waals surface area (Å²) in [5.74, 6) is -0.232. The van der Waals surface area contributed by atoms with E-state index in [1.54, 1.807) is 18.2 Å². The molecule has 6 nitrogen and oxygen atoms in total. The second kappa shape index (κ2) is 5.71. The predicted molar refractivity (Wildman–Crippen MR) is 73.9 cm³/mol. The first kappa shape index (κ1) is 13.4. The fourth-order valence-corrected chi connectivity index (χ4v) is 1.75. The largest absolute Gasteiger partial charge is 0.399 e. The summed E-state index contributed by atoms with van der Waals surface area (Å²) in [6.45, 7) is 4.83. The van der Waals surface area contributed by atoms with Crippen LogP contribution in [0.1, 0.15) is 24.3 Å². The number of rotatable bonds is 5. The van der Waals surface area contributed by atoms with E-state index >= 15 is 0 Å². The van der Waals surface area contributed by atoms with Crippen LogP contribution in [0.3, 0.4) is 0 Å². The summed E-state index contributed by atoms with van der Waals surface area (Å²) in [6, 6.07) is 5.30. The molecule has 2 rings (SSSR count). The summed E-state index contributed by atoms with van der Waals surface area (Å²) < 4.78 is 5.35. The quantitative estimate of drug-likeness (QED) is 0.559. The molecular weight excluding hydrogens is 244 g/mol. The van der Waals surface area contributed by atoms with Crippen molar-refractivity contribution in [2.24, 2.45) is 0 Å². The lowest BCUT2D eigenvalue weighted by atomic mass is 10.2. The van der Waals surface area contributed by atoms with E-state index in [1.165, 1.54) is 0 Å². The number of aromatic nitrogens is 2. The molecule has 102 valence electrons. The first-order valence-corrected chi connectivity index (χ1v) is 6.21. The highest BCUT2D eigenvalue weighted by atomic mass is 16.5. The molecule has 0 aliphatic heterocycles. The first-order valence-electron chi connectivity index (χ1n) is 6.21. The Morgan fingerprint density at radius 3 is 3.05 bits per heavy atom. The molecule has 0 unspecified atom stereocenters. The number of carbonyl (C=O) groups is 1. The molecule has 1 amide bonds. The normalized spacial score (nSPS) is 11.1. The van der Waals surface area contributed by atoms with Crippen LogP contribution in [0, 0.1) is 0 Å². The molecule has 19 heavy (non-hydrogen) atoms. The zero-order valence-corrected chi connectivity index (χ0v) is 11.1. The number of hydrogen-bond donors (Lipinski definition) is 3. The van der Waals surface area contributed by atoms with Crippen molar-refractivity contribution in [1.82, 2.24) is 15.5 Å². The number of fused-ring (bicyclic) bond motifs is 1. The molecule has 1 aromatic heterocycles. The highest BCUT2D eigenvalue weighted by molar-refractivity contribution is 6.05. The van der Waals surface area contributed by atoms with Crippen LogP contribution >= 0.6 is 0 Å². The minimum Gasteiger partial charge on any atom is -0.399 e. The molecule has 2 aromatic rings. The number of aromatic amines is 1. The van der Waals surface area contributed by atoms with E-state index < -0.39 is 0 Å². The van der Waals surface area contributed by atoms with Crippen LogP contribution in [0.5, 0.6) is 0 Å². The smallest absolute Gasteiger partial charge is 0.272 e. The number of nitrogens with zero attached hydrogens (tertiary/aromatic N) is 1. The van der Waals surface area contributed by atoms with Crippen LogP contribution in [0.25, 0.3) is 10.9 Å². The van der Waals surface area contributed by atoms with E-state index in [0.717, 1.165) is 10.9 Å². The molecule has 0 saturated carbocycles. The average molecular weight is 262 g/mol. The fourth-order valence-electron chi connectivity index (χ4n) is 1.75. The first-order chi connectivity index (χ1) is 9.08. The Kier molecular flexibility index (Phi) is 4.01. The molecule has 0 fully saturated rings. The Labute approximate surface area is 111 Å². The summed E-state index contributed by atoms with van der Waals surface area (Å²) in [5.41, 5.74) is 7.46. The Bertz CT molecular complexity index is 577. The zero-order chi connectivity index (χ0) is 13.8. The number of nitrogen functional groups attached to an aromatic ring is 1. The van der Waals surface area contributed by atoms with Gasteiger partial charge in [-0.3, -0.25) is 9.89 Å². The number of H-pyrrole nitrogens is 1. The van der Waals surface area contributed by atoms with Gasteiger partial charge < -0.3 is 15.8 Å². The molecule has 0 bridgehead atoms. The Balaban J connectivity index is 2.03. The third-order valence-corrected chi connectivity index (χ3v) is 2.64. The van der Waals surface area contributed by atoms with Crippen LogP contribution in [0.4, 0.5) is 5.69 Å². The number of benzene rings is 1. The molecule has 6 heteroatoms. The van der Waals surface area contributed by atoms with Gasteiger partial charge in [-0.1, -0.05) is 0 Å². The Hall–Kier alpha value is -2.08. The van der Waals surface area contributed by atoms with Gasteiger partial charge in [0.2, 0.25) is 0 Å². The summed E-state index contributed by atoms with van der Waals surface area (Å²) in [6.07, 6.45) is 0.155. The number of hydrogen-bond acceptors (Lipinski definition) is 4. The number of nitrogens with one attached hydrogen (secondary N) is 2. The number of carbonyl (C=O) groups excluding carboxylic acids is 1. The van der Waals surface area contributed by atoms with Crippen LogP contribution in [-0.4, -0.2) is 35.4 Å². The van der Waals surface area contributed by atoms with Gasteiger partial charge >= 0.3 is 0 Å². The molecule has 0 aliphatic rings. The minimum absolute atomic E-state index is 0.155. The van der Waals surface area contributed by atoms with Crippen LogP contribution in [0.15, 0.2) is 18.2 Å². The lowest BCUT2D eigenvalue weighted by molar-refractivity contribution is 0.0745.